The number of nitrogens with zero attached hydrogens (tertiary/aromatic N) is 1. The fourth-order valence-corrected chi connectivity index (χ4v) is 2.34. The number of nitrogens with one attached hydrogen (secondary N) is 1. The number of anilines is 1. The minimum absolute atomic E-state index is 0.176. The highest BCUT2D eigenvalue weighted by atomic mass is 16.2. The molecule has 0 heterocycles. The molecule has 0 saturated carbocycles. The highest BCUT2D eigenvalue weighted by molar-refractivity contribution is 5.78. The maximum atomic E-state index is 11.5. The molecule has 0 unspecified atom stereocenters. The number of nitrogens with two attached hydrogens (primary N) is 1. The largest absolute Gasteiger partial charge is 0.367 e. The van der Waals surface area contributed by atoms with Gasteiger partial charge in [-0.1, -0.05) is 42.5 Å². The molecule has 0 aliphatic heterocycles. The summed E-state index contributed by atoms with van der Waals surface area (Å²) in [5.74, 6) is 5.00. The molecule has 21 heavy (non-hydrogen) atoms. The van der Waals surface area contributed by atoms with E-state index in [9.17, 15) is 4.79 Å². The fourth-order valence-electron chi connectivity index (χ4n) is 2.34. The van der Waals surface area contributed by atoms with Crippen LogP contribution < -0.4 is 16.2 Å². The maximum Gasteiger partial charge on any atom is 0.238 e. The second kappa shape index (κ2) is 7.45. The van der Waals surface area contributed by atoms with Gasteiger partial charge in [-0.15, -0.1) is 0 Å². The Labute approximate surface area is 125 Å². The predicted molar refractivity (Wildman–Crippen MR) is 85.6 cm³/mol. The number of hydrazine groups is 1. The van der Waals surface area contributed by atoms with E-state index in [2.05, 4.69) is 35.4 Å². The molecule has 0 fully saturated rings. The van der Waals surface area contributed by atoms with Crippen molar-refractivity contribution in [3.05, 3.63) is 65.7 Å². The summed E-state index contributed by atoms with van der Waals surface area (Å²) in [7, 11) is 0. The van der Waals surface area contributed by atoms with E-state index in [0.717, 1.165) is 24.2 Å². The van der Waals surface area contributed by atoms with Gasteiger partial charge in [0.05, 0.1) is 6.42 Å². The topological polar surface area (TPSA) is 58.4 Å². The molecule has 0 bridgehead atoms. The Bertz CT molecular complexity index is 584. The lowest BCUT2D eigenvalue weighted by molar-refractivity contribution is -0.120. The molecular formula is C17H21N3O. The molecule has 0 aromatic heterocycles. The van der Waals surface area contributed by atoms with Crippen molar-refractivity contribution in [3.8, 4) is 0 Å². The normalized spacial score (nSPS) is 10.2. The number of amides is 1. The molecular weight excluding hydrogens is 262 g/mol. The summed E-state index contributed by atoms with van der Waals surface area (Å²) in [6.45, 7) is 3.80. The van der Waals surface area contributed by atoms with E-state index in [1.54, 1.807) is 0 Å². The van der Waals surface area contributed by atoms with Crippen LogP contribution in [0.4, 0.5) is 5.69 Å². The van der Waals surface area contributed by atoms with Crippen molar-refractivity contribution in [2.24, 2.45) is 5.84 Å². The summed E-state index contributed by atoms with van der Waals surface area (Å²) >= 11 is 0. The molecule has 4 nitrogen and oxygen atoms in total. The van der Waals surface area contributed by atoms with E-state index in [1.807, 2.05) is 36.4 Å². The Morgan fingerprint density at radius 1 is 1.05 bits per heavy atom. The molecule has 110 valence electrons. The number of hydrogen-bond donors (Lipinski definition) is 2. The van der Waals surface area contributed by atoms with E-state index in [4.69, 9.17) is 5.84 Å². The van der Waals surface area contributed by atoms with E-state index in [1.165, 1.54) is 5.69 Å². The van der Waals surface area contributed by atoms with E-state index < -0.39 is 0 Å². The van der Waals surface area contributed by atoms with Crippen molar-refractivity contribution >= 4 is 11.6 Å². The number of hydrogen-bond acceptors (Lipinski definition) is 3. The van der Waals surface area contributed by atoms with Crippen LogP contribution in [0.25, 0.3) is 0 Å². The van der Waals surface area contributed by atoms with Gasteiger partial charge < -0.3 is 4.90 Å². The van der Waals surface area contributed by atoms with Gasteiger partial charge in [0.1, 0.15) is 0 Å². The third-order valence-corrected chi connectivity index (χ3v) is 3.49. The quantitative estimate of drug-likeness (QED) is 0.485. The second-order valence-corrected chi connectivity index (χ2v) is 4.86. The van der Waals surface area contributed by atoms with Crippen LogP contribution in [-0.4, -0.2) is 12.5 Å². The monoisotopic (exact) mass is 283 g/mol. The molecule has 0 saturated heterocycles. The average Bonchev–Trinajstić information content (AvgIpc) is 2.54. The summed E-state index contributed by atoms with van der Waals surface area (Å²) in [4.78, 5) is 13.8. The molecule has 0 atom stereocenters. The summed E-state index contributed by atoms with van der Waals surface area (Å²) in [6, 6.07) is 18.2. The molecule has 3 N–H and O–H groups in total. The van der Waals surface area contributed by atoms with Crippen LogP contribution in [0.2, 0.25) is 0 Å². The Hall–Kier alpha value is -2.33. The second-order valence-electron chi connectivity index (χ2n) is 4.86. The highest BCUT2D eigenvalue weighted by Gasteiger charge is 2.10. The summed E-state index contributed by atoms with van der Waals surface area (Å²) < 4.78 is 0. The third kappa shape index (κ3) is 4.07. The first kappa shape index (κ1) is 15.1. The molecule has 0 spiro atoms. The van der Waals surface area contributed by atoms with Crippen LogP contribution in [0.5, 0.6) is 0 Å². The highest BCUT2D eigenvalue weighted by Crippen LogP contribution is 2.19. The van der Waals surface area contributed by atoms with Crippen molar-refractivity contribution in [1.29, 1.82) is 0 Å². The van der Waals surface area contributed by atoms with E-state index in [-0.39, 0.29) is 5.91 Å². The van der Waals surface area contributed by atoms with Crippen molar-refractivity contribution in [1.82, 2.24) is 5.43 Å². The first-order valence-electron chi connectivity index (χ1n) is 7.10. The molecule has 1 amide bonds. The molecule has 0 aliphatic carbocycles. The smallest absolute Gasteiger partial charge is 0.238 e. The summed E-state index contributed by atoms with van der Waals surface area (Å²) in [5.41, 5.74) is 5.52. The molecule has 2 rings (SSSR count). The Kier molecular flexibility index (Phi) is 5.35. The fraction of sp³-hybridized carbons (Fsp3) is 0.235. The number of para-hydroxylation sites is 1. The first-order chi connectivity index (χ1) is 10.2. The minimum atomic E-state index is -0.176. The van der Waals surface area contributed by atoms with Crippen LogP contribution >= 0.6 is 0 Å². The van der Waals surface area contributed by atoms with E-state index >= 15 is 0 Å². The van der Waals surface area contributed by atoms with Gasteiger partial charge in [0.15, 0.2) is 0 Å². The van der Waals surface area contributed by atoms with Crippen molar-refractivity contribution in [3.63, 3.8) is 0 Å². The van der Waals surface area contributed by atoms with Gasteiger partial charge in [-0.2, -0.15) is 0 Å². The Morgan fingerprint density at radius 2 is 1.67 bits per heavy atom. The number of rotatable bonds is 6. The number of benzene rings is 2. The van der Waals surface area contributed by atoms with Crippen LogP contribution in [-0.2, 0) is 17.8 Å². The van der Waals surface area contributed by atoms with Crippen LogP contribution in [0.15, 0.2) is 54.6 Å². The predicted octanol–water partition coefficient (Wildman–Crippen LogP) is 2.25. The Morgan fingerprint density at radius 3 is 2.29 bits per heavy atom. The van der Waals surface area contributed by atoms with Gasteiger partial charge in [-0.05, 0) is 30.2 Å². The lowest BCUT2D eigenvalue weighted by Gasteiger charge is -2.24. The molecule has 2 aromatic carbocycles. The minimum Gasteiger partial charge on any atom is -0.367 e. The number of carbonyl (C=O) groups excluding carboxylic acids is 1. The lowest BCUT2D eigenvalue weighted by atomic mass is 10.0. The lowest BCUT2D eigenvalue weighted by Crippen LogP contribution is -2.32. The van der Waals surface area contributed by atoms with Crippen LogP contribution in [0.1, 0.15) is 18.1 Å². The van der Waals surface area contributed by atoms with E-state index in [0.29, 0.717) is 6.42 Å². The van der Waals surface area contributed by atoms with Crippen molar-refractivity contribution < 1.29 is 4.79 Å². The Balaban J connectivity index is 2.20. The maximum absolute atomic E-state index is 11.5. The zero-order valence-corrected chi connectivity index (χ0v) is 12.3. The third-order valence-electron chi connectivity index (χ3n) is 3.49. The van der Waals surface area contributed by atoms with Crippen molar-refractivity contribution in [2.75, 3.05) is 11.4 Å². The average molecular weight is 283 g/mol. The van der Waals surface area contributed by atoms with Crippen LogP contribution in [0, 0.1) is 0 Å². The molecule has 2 aromatic rings. The SMILES string of the molecule is CCN(Cc1ccccc1CC(=O)NN)c1ccccc1. The zero-order valence-electron chi connectivity index (χ0n) is 12.3. The van der Waals surface area contributed by atoms with Gasteiger partial charge in [0.25, 0.3) is 0 Å². The summed E-state index contributed by atoms with van der Waals surface area (Å²) in [5, 5.41) is 0. The van der Waals surface area contributed by atoms with Gasteiger partial charge in [-0.25, -0.2) is 5.84 Å². The number of carbonyl (C=O) groups is 1. The molecule has 4 heteroatoms. The summed E-state index contributed by atoms with van der Waals surface area (Å²) in [6.07, 6.45) is 0.305. The standard InChI is InChI=1S/C17H21N3O/c1-2-20(16-10-4-3-5-11-16)13-15-9-7-6-8-14(15)12-17(21)19-18/h3-11H,2,12-13,18H2,1H3,(H,19,21). The van der Waals surface area contributed by atoms with Gasteiger partial charge in [0, 0.05) is 18.8 Å². The van der Waals surface area contributed by atoms with Gasteiger partial charge >= 0.3 is 0 Å². The molecule has 0 radical (unpaired) electrons. The zero-order chi connectivity index (χ0) is 15.1. The van der Waals surface area contributed by atoms with Gasteiger partial charge in [0.2, 0.25) is 5.91 Å². The molecule has 0 aliphatic rings. The van der Waals surface area contributed by atoms with Crippen molar-refractivity contribution in [2.45, 2.75) is 19.9 Å². The van der Waals surface area contributed by atoms with Gasteiger partial charge in [-0.3, -0.25) is 10.2 Å². The van der Waals surface area contributed by atoms with Crippen LogP contribution in [0.3, 0.4) is 0 Å². The first-order valence-corrected chi connectivity index (χ1v) is 7.10.